The van der Waals surface area contributed by atoms with Gasteiger partial charge < -0.3 is 14.5 Å². The first-order valence-corrected chi connectivity index (χ1v) is 6.78. The van der Waals surface area contributed by atoms with Gasteiger partial charge in [-0.25, -0.2) is 4.79 Å². The van der Waals surface area contributed by atoms with E-state index in [1.807, 2.05) is 14.1 Å². The second kappa shape index (κ2) is 10.2. The van der Waals surface area contributed by atoms with Gasteiger partial charge in [-0.2, -0.15) is 0 Å². The van der Waals surface area contributed by atoms with Crippen molar-refractivity contribution in [3.8, 4) is 0 Å². The molecule has 0 unspecified atom stereocenters. The zero-order valence-electron chi connectivity index (χ0n) is 12.9. The molecule has 114 valence electrons. The van der Waals surface area contributed by atoms with Crippen molar-refractivity contribution in [2.75, 3.05) is 33.8 Å². The van der Waals surface area contributed by atoms with Gasteiger partial charge in [-0.15, -0.1) is 0 Å². The highest BCUT2D eigenvalue weighted by molar-refractivity contribution is 5.86. The van der Waals surface area contributed by atoms with E-state index in [1.54, 1.807) is 18.0 Å². The van der Waals surface area contributed by atoms with E-state index < -0.39 is 0 Å². The van der Waals surface area contributed by atoms with E-state index in [1.165, 1.54) is 0 Å². The molecule has 1 amide bonds. The monoisotopic (exact) mass is 282 g/mol. The molecule has 1 saturated heterocycles. The Kier molecular flexibility index (Phi) is 9.38. The zero-order valence-corrected chi connectivity index (χ0v) is 12.9. The van der Waals surface area contributed by atoms with Crippen molar-refractivity contribution < 1.29 is 14.3 Å². The maximum atomic E-state index is 10.9. The zero-order chi connectivity index (χ0) is 15.5. The normalized spacial score (nSPS) is 13.8. The lowest BCUT2D eigenvalue weighted by Crippen LogP contribution is -2.16. The molecular weight excluding hydrogens is 256 g/mol. The fourth-order valence-corrected chi connectivity index (χ4v) is 1.53. The predicted octanol–water partition coefficient (Wildman–Crippen LogP) is 1.81. The van der Waals surface area contributed by atoms with Crippen LogP contribution in [0, 0.1) is 0 Å². The third kappa shape index (κ3) is 8.48. The number of nitrogens with zero attached hydrogens (tertiary/aromatic N) is 2. The standard InChI is InChI=1S/C9H17NO2.C6H9NO/c1-8(2)9(11)12-7-5-6-10(3)4;1-2-7-5-3-4-6(7)8/h1,5-7H2,2-4H3;2H,1,3-5H2. The minimum atomic E-state index is -0.297. The molecule has 0 aliphatic carbocycles. The first-order chi connectivity index (χ1) is 9.38. The summed E-state index contributed by atoms with van der Waals surface area (Å²) >= 11 is 0. The van der Waals surface area contributed by atoms with Crippen molar-refractivity contribution in [3.05, 3.63) is 24.9 Å². The summed E-state index contributed by atoms with van der Waals surface area (Å²) in [6.07, 6.45) is 4.15. The quantitative estimate of drug-likeness (QED) is 0.423. The van der Waals surface area contributed by atoms with Gasteiger partial charge in [-0.05, 0) is 40.1 Å². The second-order valence-corrected chi connectivity index (χ2v) is 4.95. The molecule has 1 fully saturated rings. The lowest BCUT2D eigenvalue weighted by molar-refractivity contribution is -0.139. The van der Waals surface area contributed by atoms with Crippen LogP contribution in [-0.4, -0.2) is 55.5 Å². The predicted molar refractivity (Wildman–Crippen MR) is 80.1 cm³/mol. The van der Waals surface area contributed by atoms with Crippen LogP contribution in [0.1, 0.15) is 26.2 Å². The summed E-state index contributed by atoms with van der Waals surface area (Å²) in [5.74, 6) is -0.0891. The summed E-state index contributed by atoms with van der Waals surface area (Å²) < 4.78 is 4.89. The van der Waals surface area contributed by atoms with Crippen LogP contribution in [0.4, 0.5) is 0 Å². The minimum Gasteiger partial charge on any atom is -0.462 e. The summed E-state index contributed by atoms with van der Waals surface area (Å²) in [6.45, 7) is 10.9. The summed E-state index contributed by atoms with van der Waals surface area (Å²) in [5, 5.41) is 0. The molecule has 5 heteroatoms. The Morgan fingerprint density at radius 1 is 1.50 bits per heavy atom. The van der Waals surface area contributed by atoms with Gasteiger partial charge in [-0.3, -0.25) is 4.79 Å². The van der Waals surface area contributed by atoms with Gasteiger partial charge >= 0.3 is 5.97 Å². The second-order valence-electron chi connectivity index (χ2n) is 4.95. The Hall–Kier alpha value is -1.62. The Balaban J connectivity index is 0.000000388. The highest BCUT2D eigenvalue weighted by Gasteiger charge is 2.16. The smallest absolute Gasteiger partial charge is 0.333 e. The molecule has 0 bridgehead atoms. The summed E-state index contributed by atoms with van der Waals surface area (Å²) in [5.41, 5.74) is 0.458. The average molecular weight is 282 g/mol. The number of carbonyl (C=O) groups excluding carboxylic acids is 2. The number of carbonyl (C=O) groups is 2. The van der Waals surface area contributed by atoms with Crippen LogP contribution in [-0.2, 0) is 14.3 Å². The maximum Gasteiger partial charge on any atom is 0.333 e. The van der Waals surface area contributed by atoms with Gasteiger partial charge in [0, 0.05) is 25.1 Å². The van der Waals surface area contributed by atoms with Crippen molar-refractivity contribution in [1.82, 2.24) is 9.80 Å². The third-order valence-electron chi connectivity index (χ3n) is 2.66. The van der Waals surface area contributed by atoms with Crippen LogP contribution in [0.5, 0.6) is 0 Å². The molecule has 0 saturated carbocycles. The van der Waals surface area contributed by atoms with Crippen LogP contribution in [0.3, 0.4) is 0 Å². The van der Waals surface area contributed by atoms with Crippen molar-refractivity contribution in [1.29, 1.82) is 0 Å². The first kappa shape index (κ1) is 18.4. The first-order valence-electron chi connectivity index (χ1n) is 6.78. The van der Waals surface area contributed by atoms with Crippen LogP contribution in [0.15, 0.2) is 24.9 Å². The molecule has 0 aromatic carbocycles. The largest absolute Gasteiger partial charge is 0.462 e. The molecule has 0 radical (unpaired) electrons. The van der Waals surface area contributed by atoms with E-state index in [9.17, 15) is 9.59 Å². The number of esters is 1. The maximum absolute atomic E-state index is 10.9. The van der Waals surface area contributed by atoms with Crippen molar-refractivity contribution in [3.63, 3.8) is 0 Å². The third-order valence-corrected chi connectivity index (χ3v) is 2.66. The number of hydrogen-bond acceptors (Lipinski definition) is 4. The summed E-state index contributed by atoms with van der Waals surface area (Å²) in [6, 6.07) is 0. The van der Waals surface area contributed by atoms with E-state index in [4.69, 9.17) is 4.74 Å². The number of hydrogen-bond donors (Lipinski definition) is 0. The molecule has 1 rings (SSSR count). The van der Waals surface area contributed by atoms with Crippen molar-refractivity contribution in [2.24, 2.45) is 0 Å². The highest BCUT2D eigenvalue weighted by atomic mass is 16.5. The van der Waals surface area contributed by atoms with Gasteiger partial charge in [0.05, 0.1) is 6.61 Å². The molecule has 1 aliphatic heterocycles. The number of likely N-dealkylation sites (tertiary alicyclic amines) is 1. The number of ether oxygens (including phenoxy) is 1. The Morgan fingerprint density at radius 2 is 2.15 bits per heavy atom. The fourth-order valence-electron chi connectivity index (χ4n) is 1.53. The van der Waals surface area contributed by atoms with Crippen molar-refractivity contribution >= 4 is 11.9 Å². The summed E-state index contributed by atoms with van der Waals surface area (Å²) in [4.78, 5) is 25.2. The highest BCUT2D eigenvalue weighted by Crippen LogP contribution is 2.08. The van der Waals surface area contributed by atoms with Crippen LogP contribution < -0.4 is 0 Å². The van der Waals surface area contributed by atoms with Crippen LogP contribution in [0.25, 0.3) is 0 Å². The molecule has 0 N–H and O–H groups in total. The molecule has 1 aliphatic rings. The Bertz CT molecular complexity index is 351. The van der Waals surface area contributed by atoms with E-state index in [0.29, 0.717) is 18.6 Å². The average Bonchev–Trinajstić information content (AvgIpc) is 2.80. The van der Waals surface area contributed by atoms with Crippen LogP contribution >= 0.6 is 0 Å². The van der Waals surface area contributed by atoms with Gasteiger partial charge in [-0.1, -0.05) is 13.2 Å². The lowest BCUT2D eigenvalue weighted by atomic mass is 10.3. The SMILES string of the molecule is C=C(C)C(=O)OCCCN(C)C.C=CN1CCCC1=O. The van der Waals surface area contributed by atoms with E-state index in [2.05, 4.69) is 18.1 Å². The molecule has 0 aromatic heterocycles. The molecule has 0 atom stereocenters. The topological polar surface area (TPSA) is 49.9 Å². The van der Waals surface area contributed by atoms with E-state index >= 15 is 0 Å². The van der Waals surface area contributed by atoms with Gasteiger partial charge in [0.2, 0.25) is 5.91 Å². The van der Waals surface area contributed by atoms with Crippen molar-refractivity contribution in [2.45, 2.75) is 26.2 Å². The molecule has 0 spiro atoms. The van der Waals surface area contributed by atoms with Gasteiger partial charge in [0.25, 0.3) is 0 Å². The van der Waals surface area contributed by atoms with Crippen LogP contribution in [0.2, 0.25) is 0 Å². The molecule has 20 heavy (non-hydrogen) atoms. The number of amides is 1. The Labute approximate surface area is 121 Å². The van der Waals surface area contributed by atoms with Gasteiger partial charge in [0.1, 0.15) is 0 Å². The lowest BCUT2D eigenvalue weighted by Gasteiger charge is -2.09. The minimum absolute atomic E-state index is 0.208. The summed E-state index contributed by atoms with van der Waals surface area (Å²) in [7, 11) is 3.97. The van der Waals surface area contributed by atoms with Gasteiger partial charge in [0.15, 0.2) is 0 Å². The Morgan fingerprint density at radius 3 is 2.50 bits per heavy atom. The molecular formula is C15H26N2O3. The molecule has 1 heterocycles. The molecule has 0 aromatic rings. The van der Waals surface area contributed by atoms with E-state index in [-0.39, 0.29) is 11.9 Å². The number of rotatable bonds is 6. The van der Waals surface area contributed by atoms with E-state index in [0.717, 1.165) is 25.9 Å². The fraction of sp³-hybridized carbons (Fsp3) is 0.600. The molecule has 5 nitrogen and oxygen atoms in total.